The summed E-state index contributed by atoms with van der Waals surface area (Å²) in [4.78, 5) is 28.4. The zero-order valence-electron chi connectivity index (χ0n) is 12.6. The van der Waals surface area contributed by atoms with E-state index in [9.17, 15) is 9.59 Å². The van der Waals surface area contributed by atoms with Crippen molar-refractivity contribution < 1.29 is 4.79 Å². The van der Waals surface area contributed by atoms with Crippen molar-refractivity contribution in [1.82, 2.24) is 20.6 Å². The van der Waals surface area contributed by atoms with Crippen molar-refractivity contribution in [3.05, 3.63) is 70.1 Å². The summed E-state index contributed by atoms with van der Waals surface area (Å²) < 4.78 is 0. The van der Waals surface area contributed by atoms with Gasteiger partial charge in [-0.3, -0.25) is 0 Å². The number of hydrogen-bond donors (Lipinski definition) is 4. The average Bonchev–Trinajstić information content (AvgIpc) is 2.93. The van der Waals surface area contributed by atoms with E-state index < -0.39 is 0 Å². The second-order valence-electron chi connectivity index (χ2n) is 5.30. The number of carbonyl (C=O) groups is 1. The Morgan fingerprint density at radius 1 is 0.913 bits per heavy atom. The molecule has 0 radical (unpaired) electrons. The number of nitrogens with one attached hydrogen (secondary N) is 4. The summed E-state index contributed by atoms with van der Waals surface area (Å²) in [5.74, 6) is 0. The maximum absolute atomic E-state index is 11.7. The van der Waals surface area contributed by atoms with E-state index in [-0.39, 0.29) is 11.7 Å². The van der Waals surface area contributed by atoms with Gasteiger partial charge >= 0.3 is 11.7 Å². The minimum Gasteiger partial charge on any atom is -0.338 e. The minimum atomic E-state index is -0.212. The van der Waals surface area contributed by atoms with Crippen molar-refractivity contribution in [2.24, 2.45) is 0 Å². The van der Waals surface area contributed by atoms with Crippen LogP contribution in [0.1, 0.15) is 11.1 Å². The largest absolute Gasteiger partial charge is 0.338 e. The molecule has 0 unspecified atom stereocenters. The molecule has 0 aliphatic carbocycles. The Bertz CT molecular complexity index is 852. The third-order valence-electron chi connectivity index (χ3n) is 3.58. The van der Waals surface area contributed by atoms with E-state index in [0.29, 0.717) is 19.5 Å². The molecule has 23 heavy (non-hydrogen) atoms. The summed E-state index contributed by atoms with van der Waals surface area (Å²) in [5.41, 5.74) is 3.46. The molecule has 6 nitrogen and oxygen atoms in total. The molecule has 2 aromatic carbocycles. The molecule has 3 aromatic rings. The van der Waals surface area contributed by atoms with Crippen LogP contribution in [0, 0.1) is 0 Å². The number of amides is 2. The summed E-state index contributed by atoms with van der Waals surface area (Å²) in [5, 5.41) is 5.64. The highest BCUT2D eigenvalue weighted by Gasteiger charge is 2.02. The molecule has 6 heteroatoms. The van der Waals surface area contributed by atoms with Gasteiger partial charge in [0.05, 0.1) is 11.0 Å². The van der Waals surface area contributed by atoms with Gasteiger partial charge in [0.15, 0.2) is 0 Å². The molecule has 2 amide bonds. The fourth-order valence-electron chi connectivity index (χ4n) is 2.40. The first-order valence-electron chi connectivity index (χ1n) is 7.47. The number of imidazole rings is 1. The molecular formula is C17H18N4O2. The first kappa shape index (κ1) is 14.9. The smallest absolute Gasteiger partial charge is 0.323 e. The summed E-state index contributed by atoms with van der Waals surface area (Å²) in [7, 11) is 0. The summed E-state index contributed by atoms with van der Waals surface area (Å²) in [6.07, 6.45) is 0.696. The normalized spacial score (nSPS) is 10.6. The molecule has 3 rings (SSSR count). The first-order chi connectivity index (χ1) is 11.2. The van der Waals surface area contributed by atoms with Crippen LogP contribution in [0.5, 0.6) is 0 Å². The number of rotatable bonds is 5. The monoisotopic (exact) mass is 310 g/mol. The minimum absolute atomic E-state index is 0.190. The number of fused-ring (bicyclic) bond motifs is 1. The maximum Gasteiger partial charge on any atom is 0.323 e. The van der Waals surface area contributed by atoms with Crippen molar-refractivity contribution in [2.45, 2.75) is 13.0 Å². The third-order valence-corrected chi connectivity index (χ3v) is 3.58. The number of carbonyl (C=O) groups excluding carboxylic acids is 1. The highest BCUT2D eigenvalue weighted by Crippen LogP contribution is 2.10. The van der Waals surface area contributed by atoms with Gasteiger partial charge in [-0.15, -0.1) is 0 Å². The van der Waals surface area contributed by atoms with Gasteiger partial charge in [-0.2, -0.15) is 0 Å². The second kappa shape index (κ2) is 6.83. The Hall–Kier alpha value is -3.02. The van der Waals surface area contributed by atoms with Gasteiger partial charge in [-0.1, -0.05) is 36.4 Å². The topological polar surface area (TPSA) is 89.8 Å². The molecule has 0 fully saturated rings. The quantitative estimate of drug-likeness (QED) is 0.580. The van der Waals surface area contributed by atoms with Gasteiger partial charge in [0, 0.05) is 13.1 Å². The molecule has 0 aliphatic rings. The zero-order chi connectivity index (χ0) is 16.1. The van der Waals surface area contributed by atoms with E-state index in [1.165, 1.54) is 0 Å². The Morgan fingerprint density at radius 3 is 2.52 bits per heavy atom. The molecule has 0 saturated carbocycles. The van der Waals surface area contributed by atoms with E-state index in [4.69, 9.17) is 0 Å². The predicted octanol–water partition coefficient (Wildman–Crippen LogP) is 1.90. The molecular weight excluding hydrogens is 292 g/mol. The maximum atomic E-state index is 11.7. The van der Waals surface area contributed by atoms with Gasteiger partial charge in [0.2, 0.25) is 0 Å². The highest BCUT2D eigenvalue weighted by atomic mass is 16.2. The van der Waals surface area contributed by atoms with Gasteiger partial charge < -0.3 is 20.6 Å². The van der Waals surface area contributed by atoms with Crippen molar-refractivity contribution >= 4 is 17.1 Å². The third kappa shape index (κ3) is 4.00. The zero-order valence-corrected chi connectivity index (χ0v) is 12.6. The van der Waals surface area contributed by atoms with Gasteiger partial charge in [0.1, 0.15) is 0 Å². The fourth-order valence-corrected chi connectivity index (χ4v) is 2.40. The number of aromatic nitrogens is 2. The van der Waals surface area contributed by atoms with Crippen molar-refractivity contribution in [3.63, 3.8) is 0 Å². The molecule has 118 valence electrons. The highest BCUT2D eigenvalue weighted by molar-refractivity contribution is 5.75. The average molecular weight is 310 g/mol. The summed E-state index contributed by atoms with van der Waals surface area (Å²) in [6.45, 7) is 1.03. The number of urea groups is 1. The van der Waals surface area contributed by atoms with Crippen LogP contribution in [0.15, 0.2) is 53.3 Å². The SMILES string of the molecule is O=C(NCCc1ccc2[nH]c(=O)[nH]c2c1)NCc1ccccc1. The van der Waals surface area contributed by atoms with Crippen molar-refractivity contribution in [2.75, 3.05) is 6.54 Å². The second-order valence-corrected chi connectivity index (χ2v) is 5.30. The van der Waals surface area contributed by atoms with Crippen LogP contribution in [-0.2, 0) is 13.0 Å². The molecule has 0 bridgehead atoms. The molecule has 1 aromatic heterocycles. The van der Waals surface area contributed by atoms with E-state index in [0.717, 1.165) is 22.2 Å². The predicted molar refractivity (Wildman–Crippen MR) is 89.3 cm³/mol. The van der Waals surface area contributed by atoms with Gasteiger partial charge in [-0.05, 0) is 29.7 Å². The first-order valence-corrected chi connectivity index (χ1v) is 7.47. The molecule has 0 spiro atoms. The van der Waals surface area contributed by atoms with Crippen LogP contribution in [-0.4, -0.2) is 22.5 Å². The van der Waals surface area contributed by atoms with Crippen molar-refractivity contribution in [1.29, 1.82) is 0 Å². The number of H-pyrrole nitrogens is 2. The van der Waals surface area contributed by atoms with Crippen LogP contribution >= 0.6 is 0 Å². The number of aromatic amines is 2. The Morgan fingerprint density at radius 2 is 1.70 bits per heavy atom. The lowest BCUT2D eigenvalue weighted by atomic mass is 10.1. The number of hydrogen-bond acceptors (Lipinski definition) is 2. The van der Waals surface area contributed by atoms with Crippen LogP contribution in [0.3, 0.4) is 0 Å². The summed E-state index contributed by atoms with van der Waals surface area (Å²) in [6, 6.07) is 15.3. The van der Waals surface area contributed by atoms with Gasteiger partial charge in [-0.25, -0.2) is 9.59 Å². The molecule has 0 atom stereocenters. The van der Waals surface area contributed by atoms with E-state index in [1.807, 2.05) is 48.5 Å². The lowest BCUT2D eigenvalue weighted by Gasteiger charge is -2.08. The lowest BCUT2D eigenvalue weighted by molar-refractivity contribution is 0.240. The summed E-state index contributed by atoms with van der Waals surface area (Å²) >= 11 is 0. The molecule has 4 N–H and O–H groups in total. The molecule has 1 heterocycles. The van der Waals surface area contributed by atoms with Crippen LogP contribution in [0.4, 0.5) is 4.79 Å². The lowest BCUT2D eigenvalue weighted by Crippen LogP contribution is -2.36. The molecule has 0 saturated heterocycles. The van der Waals surface area contributed by atoms with Crippen LogP contribution < -0.4 is 16.3 Å². The standard InChI is InChI=1S/C17H18N4O2/c22-16(19-11-13-4-2-1-3-5-13)18-9-8-12-6-7-14-15(10-12)21-17(23)20-14/h1-7,10H,8-9,11H2,(H2,18,19,22)(H2,20,21,23). The Kier molecular flexibility index (Phi) is 4.42. The Balaban J connectivity index is 1.46. The van der Waals surface area contributed by atoms with E-state index in [2.05, 4.69) is 20.6 Å². The van der Waals surface area contributed by atoms with E-state index >= 15 is 0 Å². The molecule has 0 aliphatic heterocycles. The van der Waals surface area contributed by atoms with Crippen molar-refractivity contribution in [3.8, 4) is 0 Å². The van der Waals surface area contributed by atoms with Gasteiger partial charge in [0.25, 0.3) is 0 Å². The van der Waals surface area contributed by atoms with Crippen LogP contribution in [0.2, 0.25) is 0 Å². The van der Waals surface area contributed by atoms with Crippen LogP contribution in [0.25, 0.3) is 11.0 Å². The number of benzene rings is 2. The van der Waals surface area contributed by atoms with E-state index in [1.54, 1.807) is 0 Å². The fraction of sp³-hybridized carbons (Fsp3) is 0.176. The Labute approximate surface area is 132 Å².